The van der Waals surface area contributed by atoms with Gasteiger partial charge in [0.15, 0.2) is 5.76 Å². The molecule has 4 rings (SSSR count). The van der Waals surface area contributed by atoms with E-state index in [4.69, 9.17) is 4.42 Å². The number of oxazole rings is 1. The molecule has 1 amide bonds. The SMILES string of the molecule is CCS(=O)(=O)N1CCC(NC(=O)c2ccccc2-c2ncc(-c3ccccc3)o2)CC1. The van der Waals surface area contributed by atoms with Gasteiger partial charge in [0.25, 0.3) is 5.91 Å². The van der Waals surface area contributed by atoms with Crippen molar-refractivity contribution in [2.24, 2.45) is 0 Å². The van der Waals surface area contributed by atoms with Crippen LogP contribution in [0.25, 0.3) is 22.8 Å². The van der Waals surface area contributed by atoms with Gasteiger partial charge in [-0.25, -0.2) is 17.7 Å². The minimum Gasteiger partial charge on any atom is -0.436 e. The van der Waals surface area contributed by atoms with Crippen molar-refractivity contribution in [3.8, 4) is 22.8 Å². The van der Waals surface area contributed by atoms with Crippen molar-refractivity contribution in [2.45, 2.75) is 25.8 Å². The number of hydrogen-bond acceptors (Lipinski definition) is 5. The third-order valence-electron chi connectivity index (χ3n) is 5.51. The van der Waals surface area contributed by atoms with Gasteiger partial charge >= 0.3 is 0 Å². The zero-order valence-electron chi connectivity index (χ0n) is 17.3. The smallest absolute Gasteiger partial charge is 0.252 e. The molecule has 1 fully saturated rings. The topological polar surface area (TPSA) is 92.5 Å². The molecule has 0 bridgehead atoms. The van der Waals surface area contributed by atoms with Crippen LogP contribution in [-0.2, 0) is 10.0 Å². The number of hydrogen-bond donors (Lipinski definition) is 1. The molecule has 2 heterocycles. The van der Waals surface area contributed by atoms with E-state index in [0.29, 0.717) is 48.7 Å². The first-order chi connectivity index (χ1) is 15.0. The molecule has 0 unspecified atom stereocenters. The lowest BCUT2D eigenvalue weighted by Gasteiger charge is -2.31. The van der Waals surface area contributed by atoms with Gasteiger partial charge in [-0.3, -0.25) is 4.79 Å². The van der Waals surface area contributed by atoms with Crippen molar-refractivity contribution in [1.29, 1.82) is 0 Å². The third-order valence-corrected chi connectivity index (χ3v) is 7.39. The Balaban J connectivity index is 1.48. The number of nitrogens with zero attached hydrogens (tertiary/aromatic N) is 2. The summed E-state index contributed by atoms with van der Waals surface area (Å²) in [5, 5.41) is 3.04. The number of sulfonamides is 1. The average Bonchev–Trinajstić information content (AvgIpc) is 3.30. The first-order valence-corrected chi connectivity index (χ1v) is 12.0. The molecule has 1 N–H and O–H groups in total. The van der Waals surface area contributed by atoms with Gasteiger partial charge in [-0.1, -0.05) is 42.5 Å². The molecule has 1 saturated heterocycles. The average molecular weight is 440 g/mol. The summed E-state index contributed by atoms with van der Waals surface area (Å²) in [5.74, 6) is 0.897. The number of carbonyl (C=O) groups is 1. The van der Waals surface area contributed by atoms with Gasteiger partial charge < -0.3 is 9.73 Å². The fourth-order valence-corrected chi connectivity index (χ4v) is 4.86. The maximum Gasteiger partial charge on any atom is 0.252 e. The second-order valence-electron chi connectivity index (χ2n) is 7.49. The van der Waals surface area contributed by atoms with Crippen LogP contribution in [0.15, 0.2) is 65.2 Å². The molecule has 0 saturated carbocycles. The Hall–Kier alpha value is -2.97. The highest BCUT2D eigenvalue weighted by atomic mass is 32.2. The first-order valence-electron chi connectivity index (χ1n) is 10.4. The van der Waals surface area contributed by atoms with Crippen LogP contribution < -0.4 is 5.32 Å². The van der Waals surface area contributed by atoms with Crippen LogP contribution in [0.4, 0.5) is 0 Å². The number of rotatable bonds is 6. The molecule has 0 aliphatic carbocycles. The van der Waals surface area contributed by atoms with Gasteiger partial charge in [-0.05, 0) is 31.9 Å². The summed E-state index contributed by atoms with van der Waals surface area (Å²) in [6, 6.07) is 16.8. The number of nitrogens with one attached hydrogen (secondary N) is 1. The zero-order chi connectivity index (χ0) is 21.8. The summed E-state index contributed by atoms with van der Waals surface area (Å²) >= 11 is 0. The van der Waals surface area contributed by atoms with Gasteiger partial charge in [0.05, 0.1) is 17.5 Å². The predicted octanol–water partition coefficient (Wildman–Crippen LogP) is 3.55. The monoisotopic (exact) mass is 439 g/mol. The van der Waals surface area contributed by atoms with Crippen LogP contribution in [0.3, 0.4) is 0 Å². The predicted molar refractivity (Wildman–Crippen MR) is 119 cm³/mol. The lowest BCUT2D eigenvalue weighted by Crippen LogP contribution is -2.46. The molecule has 0 atom stereocenters. The molecule has 8 heteroatoms. The molecule has 7 nitrogen and oxygen atoms in total. The Bertz CT molecular complexity index is 1150. The normalized spacial score (nSPS) is 15.6. The van der Waals surface area contributed by atoms with Crippen LogP contribution in [0.2, 0.25) is 0 Å². The van der Waals surface area contributed by atoms with E-state index in [1.54, 1.807) is 25.3 Å². The van der Waals surface area contributed by atoms with Gasteiger partial charge in [0.2, 0.25) is 15.9 Å². The molecular formula is C23H25N3O4S. The van der Waals surface area contributed by atoms with E-state index in [1.807, 2.05) is 42.5 Å². The molecule has 0 spiro atoms. The first kappa shape index (κ1) is 21.3. The quantitative estimate of drug-likeness (QED) is 0.634. The van der Waals surface area contributed by atoms with E-state index in [2.05, 4.69) is 10.3 Å². The van der Waals surface area contributed by atoms with Gasteiger partial charge in [-0.15, -0.1) is 0 Å². The molecule has 0 radical (unpaired) electrons. The summed E-state index contributed by atoms with van der Waals surface area (Å²) in [4.78, 5) is 17.4. The van der Waals surface area contributed by atoms with Crippen LogP contribution in [0.5, 0.6) is 0 Å². The van der Waals surface area contributed by atoms with Crippen molar-refractivity contribution >= 4 is 15.9 Å². The standard InChI is InChI=1S/C23H25N3O4S/c1-2-31(28,29)26-14-12-18(13-15-26)25-22(27)19-10-6-7-11-20(19)23-24-16-21(30-23)17-8-4-3-5-9-17/h3-11,16,18H,2,12-15H2,1H3,(H,25,27). The minimum absolute atomic E-state index is 0.0756. The Morgan fingerprint density at radius 1 is 1.10 bits per heavy atom. The van der Waals surface area contributed by atoms with E-state index in [-0.39, 0.29) is 17.7 Å². The summed E-state index contributed by atoms with van der Waals surface area (Å²) < 4.78 is 31.5. The fourth-order valence-electron chi connectivity index (χ4n) is 3.73. The van der Waals surface area contributed by atoms with Crippen molar-refractivity contribution in [2.75, 3.05) is 18.8 Å². The lowest BCUT2D eigenvalue weighted by molar-refractivity contribution is 0.0924. The van der Waals surface area contributed by atoms with Gasteiger partial charge in [0.1, 0.15) is 0 Å². The molecule has 1 aromatic heterocycles. The largest absolute Gasteiger partial charge is 0.436 e. The van der Waals surface area contributed by atoms with Crippen molar-refractivity contribution in [1.82, 2.24) is 14.6 Å². The number of piperidine rings is 1. The minimum atomic E-state index is -3.19. The zero-order valence-corrected chi connectivity index (χ0v) is 18.1. The lowest BCUT2D eigenvalue weighted by atomic mass is 10.0. The molecule has 162 valence electrons. The molecule has 1 aliphatic heterocycles. The van der Waals surface area contributed by atoms with Gasteiger partial charge in [0, 0.05) is 30.3 Å². The maximum absolute atomic E-state index is 13.0. The van der Waals surface area contributed by atoms with Crippen LogP contribution in [0, 0.1) is 0 Å². The highest BCUT2D eigenvalue weighted by molar-refractivity contribution is 7.89. The summed E-state index contributed by atoms with van der Waals surface area (Å²) in [5.41, 5.74) is 2.01. The highest BCUT2D eigenvalue weighted by Crippen LogP contribution is 2.28. The van der Waals surface area contributed by atoms with E-state index >= 15 is 0 Å². The van der Waals surface area contributed by atoms with Crippen LogP contribution in [-0.4, -0.2) is 48.5 Å². The van der Waals surface area contributed by atoms with Crippen LogP contribution in [0.1, 0.15) is 30.1 Å². The Morgan fingerprint density at radius 3 is 2.48 bits per heavy atom. The second-order valence-corrected chi connectivity index (χ2v) is 9.75. The van der Waals surface area contributed by atoms with Crippen LogP contribution >= 0.6 is 0 Å². The third kappa shape index (κ3) is 4.70. The number of aromatic nitrogens is 1. The molecule has 31 heavy (non-hydrogen) atoms. The maximum atomic E-state index is 13.0. The Labute approximate surface area is 182 Å². The molecular weight excluding hydrogens is 414 g/mol. The second kappa shape index (κ2) is 9.03. The summed E-state index contributed by atoms with van der Waals surface area (Å²) in [6.45, 7) is 2.48. The van der Waals surface area contributed by atoms with E-state index in [9.17, 15) is 13.2 Å². The number of carbonyl (C=O) groups excluding carboxylic acids is 1. The summed E-state index contributed by atoms with van der Waals surface area (Å²) in [7, 11) is -3.19. The summed E-state index contributed by atoms with van der Waals surface area (Å²) in [6.07, 6.45) is 2.83. The van der Waals surface area contributed by atoms with E-state index < -0.39 is 10.0 Å². The Kier molecular flexibility index (Phi) is 6.20. The fraction of sp³-hybridized carbons (Fsp3) is 0.304. The van der Waals surface area contributed by atoms with Crippen molar-refractivity contribution in [3.63, 3.8) is 0 Å². The molecule has 3 aromatic rings. The molecule has 2 aromatic carbocycles. The Morgan fingerprint density at radius 2 is 1.77 bits per heavy atom. The van der Waals surface area contributed by atoms with E-state index in [0.717, 1.165) is 5.56 Å². The number of amides is 1. The van der Waals surface area contributed by atoms with Gasteiger partial charge in [-0.2, -0.15) is 0 Å². The number of benzene rings is 2. The highest BCUT2D eigenvalue weighted by Gasteiger charge is 2.28. The molecule has 1 aliphatic rings. The van der Waals surface area contributed by atoms with Crippen molar-refractivity contribution < 1.29 is 17.6 Å². The van der Waals surface area contributed by atoms with Crippen molar-refractivity contribution in [3.05, 3.63) is 66.4 Å². The van der Waals surface area contributed by atoms with E-state index in [1.165, 1.54) is 4.31 Å².